The molecule has 112 valence electrons. The van der Waals surface area contributed by atoms with E-state index in [0.717, 1.165) is 12.8 Å². The van der Waals surface area contributed by atoms with Gasteiger partial charge in [0.15, 0.2) is 11.4 Å². The van der Waals surface area contributed by atoms with E-state index in [4.69, 9.17) is 4.42 Å². The highest BCUT2D eigenvalue weighted by atomic mass is 19.1. The highest BCUT2D eigenvalue weighted by Crippen LogP contribution is 2.44. The Labute approximate surface area is 121 Å². The number of hydrogen-bond acceptors (Lipinski definition) is 3. The fourth-order valence-electron chi connectivity index (χ4n) is 3.51. The SMILES string of the molecule is O=C(c1ccco1)N1CCC12CN(C(=O)C1(F)CCC1)C2. The summed E-state index contributed by atoms with van der Waals surface area (Å²) in [5.74, 6) is -0.214. The number of carbonyl (C=O) groups excluding carboxylic acids is 2. The van der Waals surface area contributed by atoms with Crippen LogP contribution in [0.4, 0.5) is 4.39 Å². The maximum absolute atomic E-state index is 14.1. The zero-order chi connectivity index (χ0) is 14.7. The lowest BCUT2D eigenvalue weighted by atomic mass is 9.74. The molecule has 0 bridgehead atoms. The van der Waals surface area contributed by atoms with Gasteiger partial charge in [-0.15, -0.1) is 0 Å². The van der Waals surface area contributed by atoms with Gasteiger partial charge in [0.2, 0.25) is 0 Å². The van der Waals surface area contributed by atoms with Crippen LogP contribution in [0, 0.1) is 0 Å². The second-order valence-corrected chi connectivity index (χ2v) is 6.39. The van der Waals surface area contributed by atoms with Crippen molar-refractivity contribution in [3.05, 3.63) is 24.2 Å². The fraction of sp³-hybridized carbons (Fsp3) is 0.600. The van der Waals surface area contributed by atoms with Crippen LogP contribution < -0.4 is 0 Å². The summed E-state index contributed by atoms with van der Waals surface area (Å²) in [6.45, 7) is 1.57. The Morgan fingerprint density at radius 3 is 2.48 bits per heavy atom. The molecular weight excluding hydrogens is 275 g/mol. The number of alkyl halides is 1. The standard InChI is InChI=1S/C15H17FN2O3/c16-15(4-2-5-15)13(20)17-9-14(10-17)6-7-18(14)12(19)11-3-1-8-21-11/h1,3,8H,2,4-7,9-10H2. The third-order valence-corrected chi connectivity index (χ3v) is 5.14. The third kappa shape index (κ3) is 1.68. The molecular formula is C15H17FN2O3. The number of amides is 2. The van der Waals surface area contributed by atoms with Gasteiger partial charge in [0, 0.05) is 19.6 Å². The van der Waals surface area contributed by atoms with E-state index < -0.39 is 11.6 Å². The van der Waals surface area contributed by atoms with Gasteiger partial charge in [-0.25, -0.2) is 4.39 Å². The first-order chi connectivity index (χ1) is 10.0. The highest BCUT2D eigenvalue weighted by molar-refractivity contribution is 5.93. The van der Waals surface area contributed by atoms with Crippen LogP contribution in [-0.2, 0) is 4.79 Å². The van der Waals surface area contributed by atoms with Gasteiger partial charge in [-0.2, -0.15) is 0 Å². The fourth-order valence-corrected chi connectivity index (χ4v) is 3.51. The van der Waals surface area contributed by atoms with Gasteiger partial charge >= 0.3 is 0 Å². The van der Waals surface area contributed by atoms with E-state index in [-0.39, 0.29) is 11.4 Å². The molecule has 21 heavy (non-hydrogen) atoms. The van der Waals surface area contributed by atoms with Gasteiger partial charge in [0.25, 0.3) is 11.8 Å². The number of carbonyl (C=O) groups is 2. The van der Waals surface area contributed by atoms with Gasteiger partial charge in [-0.05, 0) is 37.8 Å². The summed E-state index contributed by atoms with van der Waals surface area (Å²) in [6.07, 6.45) is 3.79. The van der Waals surface area contributed by atoms with Crippen LogP contribution in [-0.4, -0.2) is 52.5 Å². The average Bonchev–Trinajstić information content (AvgIpc) is 2.86. The van der Waals surface area contributed by atoms with Crippen molar-refractivity contribution in [2.24, 2.45) is 0 Å². The molecule has 3 aliphatic rings. The molecule has 1 aromatic rings. The third-order valence-electron chi connectivity index (χ3n) is 5.14. The molecule has 0 unspecified atom stereocenters. The van der Waals surface area contributed by atoms with Crippen molar-refractivity contribution in [1.82, 2.24) is 9.80 Å². The number of likely N-dealkylation sites (tertiary alicyclic amines) is 2. The summed E-state index contributed by atoms with van der Waals surface area (Å²) in [6, 6.07) is 3.32. The van der Waals surface area contributed by atoms with Gasteiger partial charge in [0.1, 0.15) is 0 Å². The lowest BCUT2D eigenvalue weighted by molar-refractivity contribution is -0.171. The largest absolute Gasteiger partial charge is 0.459 e. The second-order valence-electron chi connectivity index (χ2n) is 6.39. The van der Waals surface area contributed by atoms with Crippen LogP contribution in [0.15, 0.2) is 22.8 Å². The van der Waals surface area contributed by atoms with E-state index in [9.17, 15) is 14.0 Å². The van der Waals surface area contributed by atoms with Crippen LogP contribution in [0.1, 0.15) is 36.2 Å². The van der Waals surface area contributed by atoms with E-state index in [1.807, 2.05) is 0 Å². The number of nitrogens with zero attached hydrogens (tertiary/aromatic N) is 2. The van der Waals surface area contributed by atoms with Crippen LogP contribution in [0.2, 0.25) is 0 Å². The predicted molar refractivity (Wildman–Crippen MR) is 71.4 cm³/mol. The average molecular weight is 292 g/mol. The number of halogens is 1. The molecule has 0 N–H and O–H groups in total. The lowest BCUT2D eigenvalue weighted by Crippen LogP contribution is -2.79. The summed E-state index contributed by atoms with van der Waals surface area (Å²) >= 11 is 0. The summed E-state index contributed by atoms with van der Waals surface area (Å²) < 4.78 is 19.3. The molecule has 3 heterocycles. The Kier molecular flexibility index (Phi) is 2.50. The normalized spacial score (nSPS) is 25.0. The van der Waals surface area contributed by atoms with Crippen molar-refractivity contribution < 1.29 is 18.4 Å². The van der Waals surface area contributed by atoms with Crippen LogP contribution in [0.3, 0.4) is 0 Å². The summed E-state index contributed by atoms with van der Waals surface area (Å²) in [7, 11) is 0. The minimum absolute atomic E-state index is 0.142. The maximum atomic E-state index is 14.1. The molecule has 0 aromatic carbocycles. The molecule has 0 radical (unpaired) electrons. The first-order valence-electron chi connectivity index (χ1n) is 7.38. The first-order valence-corrected chi connectivity index (χ1v) is 7.38. The first kappa shape index (κ1) is 12.9. The Hall–Kier alpha value is -1.85. The molecule has 1 aromatic heterocycles. The Balaban J connectivity index is 1.42. The van der Waals surface area contributed by atoms with Crippen molar-refractivity contribution in [3.63, 3.8) is 0 Å². The van der Waals surface area contributed by atoms with E-state index in [0.29, 0.717) is 38.2 Å². The lowest BCUT2D eigenvalue weighted by Gasteiger charge is -2.63. The Bertz CT molecular complexity index is 588. The van der Waals surface area contributed by atoms with Crippen molar-refractivity contribution >= 4 is 11.8 Å². The topological polar surface area (TPSA) is 53.8 Å². The van der Waals surface area contributed by atoms with Crippen molar-refractivity contribution in [2.75, 3.05) is 19.6 Å². The minimum Gasteiger partial charge on any atom is -0.459 e. The quantitative estimate of drug-likeness (QED) is 0.832. The molecule has 0 atom stereocenters. The summed E-state index contributed by atoms with van der Waals surface area (Å²) in [5, 5.41) is 0. The molecule has 5 nitrogen and oxygen atoms in total. The predicted octanol–water partition coefficient (Wildman–Crippen LogP) is 1.60. The molecule has 1 saturated carbocycles. The Morgan fingerprint density at radius 2 is 2.00 bits per heavy atom. The second kappa shape index (κ2) is 4.08. The smallest absolute Gasteiger partial charge is 0.290 e. The van der Waals surface area contributed by atoms with E-state index >= 15 is 0 Å². The van der Waals surface area contributed by atoms with Crippen LogP contribution in [0.5, 0.6) is 0 Å². The van der Waals surface area contributed by atoms with Gasteiger partial charge in [0.05, 0.1) is 11.8 Å². The number of furan rings is 1. The number of rotatable bonds is 2. The molecule has 1 aliphatic carbocycles. The van der Waals surface area contributed by atoms with Gasteiger partial charge in [-0.1, -0.05) is 0 Å². The zero-order valence-electron chi connectivity index (χ0n) is 11.7. The van der Waals surface area contributed by atoms with Crippen LogP contribution in [0.25, 0.3) is 0 Å². The molecule has 6 heteroatoms. The van der Waals surface area contributed by atoms with Gasteiger partial charge < -0.3 is 14.2 Å². The van der Waals surface area contributed by atoms with Crippen LogP contribution >= 0.6 is 0 Å². The highest BCUT2D eigenvalue weighted by Gasteiger charge is 2.60. The van der Waals surface area contributed by atoms with Crippen molar-refractivity contribution in [2.45, 2.75) is 36.9 Å². The molecule has 4 rings (SSSR count). The molecule has 2 amide bonds. The molecule has 2 saturated heterocycles. The molecule has 3 fully saturated rings. The van der Waals surface area contributed by atoms with E-state index in [1.54, 1.807) is 21.9 Å². The minimum atomic E-state index is -1.64. The monoisotopic (exact) mass is 292 g/mol. The van der Waals surface area contributed by atoms with Crippen molar-refractivity contribution in [3.8, 4) is 0 Å². The molecule has 1 spiro atoms. The van der Waals surface area contributed by atoms with Crippen molar-refractivity contribution in [1.29, 1.82) is 0 Å². The van der Waals surface area contributed by atoms with Gasteiger partial charge in [-0.3, -0.25) is 9.59 Å². The van der Waals surface area contributed by atoms with E-state index in [1.165, 1.54) is 6.26 Å². The Morgan fingerprint density at radius 1 is 1.24 bits per heavy atom. The summed E-state index contributed by atoms with van der Waals surface area (Å²) in [4.78, 5) is 27.7. The van der Waals surface area contributed by atoms with E-state index in [2.05, 4.69) is 0 Å². The number of hydrogen-bond donors (Lipinski definition) is 0. The molecule has 2 aliphatic heterocycles. The maximum Gasteiger partial charge on any atom is 0.290 e. The zero-order valence-corrected chi connectivity index (χ0v) is 11.7. The summed E-state index contributed by atoms with van der Waals surface area (Å²) in [5.41, 5.74) is -1.93.